The fourth-order valence-corrected chi connectivity index (χ4v) is 5.75. The molecule has 214 valence electrons. The monoisotopic (exact) mass is 563 g/mol. The maximum atomic E-state index is 14.0. The van der Waals surface area contributed by atoms with Gasteiger partial charge in [-0.3, -0.25) is 13.9 Å². The number of hydrogen-bond donors (Lipinski definition) is 1. The number of carbonyl (C=O) groups is 2. The van der Waals surface area contributed by atoms with E-state index in [0.29, 0.717) is 12.2 Å². The number of benzene rings is 3. The van der Waals surface area contributed by atoms with Gasteiger partial charge in [0.1, 0.15) is 12.6 Å². The first kappa shape index (κ1) is 30.9. The molecule has 8 heteroatoms. The predicted molar refractivity (Wildman–Crippen MR) is 161 cm³/mol. The molecule has 3 aromatic rings. The van der Waals surface area contributed by atoms with Gasteiger partial charge < -0.3 is 10.2 Å². The molecule has 0 spiro atoms. The predicted octanol–water partition coefficient (Wildman–Crippen LogP) is 5.50. The quantitative estimate of drug-likeness (QED) is 0.315. The van der Waals surface area contributed by atoms with Gasteiger partial charge in [0, 0.05) is 13.1 Å². The number of rotatable bonds is 12. The molecule has 0 aromatic heterocycles. The van der Waals surface area contributed by atoms with E-state index >= 15 is 0 Å². The van der Waals surface area contributed by atoms with E-state index in [2.05, 4.69) is 19.2 Å². The first-order valence-electron chi connectivity index (χ1n) is 13.7. The lowest BCUT2D eigenvalue weighted by atomic mass is 10.0. The first-order valence-corrected chi connectivity index (χ1v) is 15.1. The molecule has 3 aromatic carbocycles. The number of amides is 2. The molecule has 0 fully saturated rings. The Labute approximate surface area is 239 Å². The summed E-state index contributed by atoms with van der Waals surface area (Å²) in [7, 11) is -4.08. The molecule has 0 saturated carbocycles. The van der Waals surface area contributed by atoms with E-state index in [0.717, 1.165) is 21.0 Å². The maximum Gasteiger partial charge on any atom is 0.264 e. The van der Waals surface area contributed by atoms with Crippen molar-refractivity contribution in [3.8, 4) is 0 Å². The summed E-state index contributed by atoms with van der Waals surface area (Å²) in [5, 5.41) is 2.91. The largest absolute Gasteiger partial charge is 0.354 e. The van der Waals surface area contributed by atoms with Crippen LogP contribution in [0.2, 0.25) is 0 Å². The molecule has 0 bridgehead atoms. The fraction of sp³-hybridized carbons (Fsp3) is 0.375. The van der Waals surface area contributed by atoms with Crippen LogP contribution in [0.3, 0.4) is 0 Å². The van der Waals surface area contributed by atoms with Crippen LogP contribution in [0, 0.1) is 12.8 Å². The van der Waals surface area contributed by atoms with Crippen molar-refractivity contribution in [3.05, 3.63) is 95.6 Å². The third-order valence-corrected chi connectivity index (χ3v) is 8.53. The summed E-state index contributed by atoms with van der Waals surface area (Å²) in [4.78, 5) is 28.6. The number of sulfonamides is 1. The fourth-order valence-electron chi connectivity index (χ4n) is 4.32. The van der Waals surface area contributed by atoms with Crippen molar-refractivity contribution in [3.63, 3.8) is 0 Å². The van der Waals surface area contributed by atoms with Gasteiger partial charge in [-0.15, -0.1) is 0 Å². The molecule has 0 radical (unpaired) electrons. The molecule has 0 saturated heterocycles. The van der Waals surface area contributed by atoms with Gasteiger partial charge in [0.15, 0.2) is 0 Å². The highest BCUT2D eigenvalue weighted by Crippen LogP contribution is 2.26. The highest BCUT2D eigenvalue weighted by molar-refractivity contribution is 7.92. The second-order valence-corrected chi connectivity index (χ2v) is 12.8. The van der Waals surface area contributed by atoms with Crippen molar-refractivity contribution in [1.29, 1.82) is 0 Å². The van der Waals surface area contributed by atoms with E-state index in [1.165, 1.54) is 17.0 Å². The smallest absolute Gasteiger partial charge is 0.264 e. The molecule has 40 heavy (non-hydrogen) atoms. The Morgan fingerprint density at radius 3 is 2.08 bits per heavy atom. The normalized spacial score (nSPS) is 12.3. The van der Waals surface area contributed by atoms with Crippen LogP contribution in [0.5, 0.6) is 0 Å². The van der Waals surface area contributed by atoms with Crippen LogP contribution in [0.15, 0.2) is 83.8 Å². The summed E-state index contributed by atoms with van der Waals surface area (Å²) in [6.45, 7) is 12.0. The van der Waals surface area contributed by atoms with Crippen molar-refractivity contribution in [2.24, 2.45) is 5.92 Å². The van der Waals surface area contributed by atoms with E-state index in [4.69, 9.17) is 0 Å². The summed E-state index contributed by atoms with van der Waals surface area (Å²) in [6, 6.07) is 22.2. The summed E-state index contributed by atoms with van der Waals surface area (Å²) >= 11 is 0. The lowest BCUT2D eigenvalue weighted by Crippen LogP contribution is -2.51. The van der Waals surface area contributed by atoms with Gasteiger partial charge in [-0.2, -0.15) is 0 Å². The van der Waals surface area contributed by atoms with E-state index in [-0.39, 0.29) is 29.2 Å². The third kappa shape index (κ3) is 7.94. The first-order chi connectivity index (χ1) is 18.9. The lowest BCUT2D eigenvalue weighted by molar-refractivity contribution is -0.139. The molecule has 1 N–H and O–H groups in total. The SMILES string of the molecule is Cc1cccc(CN(C(=O)CN(c2ccc(C(C)C)cc2)S(=O)(=O)c2ccccc2)[C@@H](C)C(=O)NCC(C)C)c1. The second kappa shape index (κ2) is 13.6. The minimum absolute atomic E-state index is 0.0868. The number of hydrogen-bond acceptors (Lipinski definition) is 4. The van der Waals surface area contributed by atoms with Crippen molar-refractivity contribution >= 4 is 27.5 Å². The number of aryl methyl sites for hydroxylation is 1. The number of carbonyl (C=O) groups excluding carboxylic acids is 2. The van der Waals surface area contributed by atoms with Crippen LogP contribution in [0.1, 0.15) is 57.2 Å². The maximum absolute atomic E-state index is 14.0. The van der Waals surface area contributed by atoms with Gasteiger partial charge in [0.05, 0.1) is 10.6 Å². The number of nitrogens with one attached hydrogen (secondary N) is 1. The molecule has 0 unspecified atom stereocenters. The van der Waals surface area contributed by atoms with Crippen LogP contribution in [-0.4, -0.2) is 44.3 Å². The summed E-state index contributed by atoms with van der Waals surface area (Å²) < 4.78 is 28.9. The minimum atomic E-state index is -4.08. The Kier molecular flexibility index (Phi) is 10.5. The zero-order chi connectivity index (χ0) is 29.4. The van der Waals surface area contributed by atoms with Gasteiger partial charge in [-0.1, -0.05) is 87.9 Å². The van der Waals surface area contributed by atoms with Crippen LogP contribution in [0.4, 0.5) is 5.69 Å². The zero-order valence-electron chi connectivity index (χ0n) is 24.3. The highest BCUT2D eigenvalue weighted by atomic mass is 32.2. The molecule has 2 amide bonds. The van der Waals surface area contributed by atoms with E-state index < -0.39 is 28.5 Å². The molecule has 0 aliphatic heterocycles. The van der Waals surface area contributed by atoms with Gasteiger partial charge in [0.25, 0.3) is 10.0 Å². The molecule has 0 aliphatic rings. The number of anilines is 1. The Bertz CT molecular complexity index is 1390. The van der Waals surface area contributed by atoms with Crippen molar-refractivity contribution in [2.75, 3.05) is 17.4 Å². The van der Waals surface area contributed by atoms with E-state index in [1.54, 1.807) is 37.3 Å². The number of nitrogens with zero attached hydrogens (tertiary/aromatic N) is 2. The average Bonchev–Trinajstić information content (AvgIpc) is 2.93. The molecule has 3 rings (SSSR count). The molecule has 0 heterocycles. The van der Waals surface area contributed by atoms with Crippen LogP contribution in [-0.2, 0) is 26.2 Å². The van der Waals surface area contributed by atoms with Gasteiger partial charge in [-0.25, -0.2) is 8.42 Å². The van der Waals surface area contributed by atoms with Gasteiger partial charge in [-0.05, 0) is 61.1 Å². The van der Waals surface area contributed by atoms with Gasteiger partial charge in [0.2, 0.25) is 11.8 Å². The Morgan fingerprint density at radius 2 is 1.50 bits per heavy atom. The molecular weight excluding hydrogens is 522 g/mol. The Balaban J connectivity index is 2.01. The summed E-state index contributed by atoms with van der Waals surface area (Å²) in [5.74, 6) is -0.239. The van der Waals surface area contributed by atoms with Crippen LogP contribution < -0.4 is 9.62 Å². The van der Waals surface area contributed by atoms with Crippen LogP contribution in [0.25, 0.3) is 0 Å². The second-order valence-electron chi connectivity index (χ2n) is 10.9. The van der Waals surface area contributed by atoms with Crippen molar-refractivity contribution in [1.82, 2.24) is 10.2 Å². The zero-order valence-corrected chi connectivity index (χ0v) is 25.1. The van der Waals surface area contributed by atoms with Gasteiger partial charge >= 0.3 is 0 Å². The molecule has 7 nitrogen and oxygen atoms in total. The molecule has 0 aliphatic carbocycles. The van der Waals surface area contributed by atoms with Crippen LogP contribution >= 0.6 is 0 Å². The topological polar surface area (TPSA) is 86.8 Å². The van der Waals surface area contributed by atoms with Crippen molar-refractivity contribution in [2.45, 2.75) is 64.9 Å². The summed E-state index contributed by atoms with van der Waals surface area (Å²) in [5.41, 5.74) is 3.33. The molecule has 1 atom stereocenters. The Morgan fingerprint density at radius 1 is 0.850 bits per heavy atom. The standard InChI is InChI=1S/C32H41N3O4S/c1-23(2)20-33-32(37)26(6)34(21-27-12-10-11-25(5)19-27)31(36)22-35(29-17-15-28(16-18-29)24(3)4)40(38,39)30-13-8-7-9-14-30/h7-19,23-24,26H,20-22H2,1-6H3,(H,33,37)/t26-/m0/s1. The molecular formula is C32H41N3O4S. The minimum Gasteiger partial charge on any atom is -0.354 e. The van der Waals surface area contributed by atoms with E-state index in [9.17, 15) is 18.0 Å². The average molecular weight is 564 g/mol. The van der Waals surface area contributed by atoms with Crippen molar-refractivity contribution < 1.29 is 18.0 Å². The highest BCUT2D eigenvalue weighted by Gasteiger charge is 2.32. The lowest BCUT2D eigenvalue weighted by Gasteiger charge is -2.32. The third-order valence-electron chi connectivity index (χ3n) is 6.75. The summed E-state index contributed by atoms with van der Waals surface area (Å²) in [6.07, 6.45) is 0. The Hall–Kier alpha value is -3.65. The van der Waals surface area contributed by atoms with E-state index in [1.807, 2.05) is 57.2 Å².